The highest BCUT2D eigenvalue weighted by Crippen LogP contribution is 2.05. The van der Waals surface area contributed by atoms with Gasteiger partial charge in [0.25, 0.3) is 0 Å². The third-order valence-electron chi connectivity index (χ3n) is 2.64. The van der Waals surface area contributed by atoms with Crippen LogP contribution in [0.1, 0.15) is 52.4 Å². The minimum Gasteiger partial charge on any atom is -0.351 e. The fraction of sp³-hybridized carbons (Fsp3) is 0.923. The number of unbranched alkanes of at least 4 members (excludes halogenated alkanes) is 5. The summed E-state index contributed by atoms with van der Waals surface area (Å²) >= 11 is 0. The molecule has 96 valence electrons. The van der Waals surface area contributed by atoms with E-state index in [4.69, 9.17) is 9.47 Å². The summed E-state index contributed by atoms with van der Waals surface area (Å²) in [6.07, 6.45) is 7.53. The largest absolute Gasteiger partial charge is 0.351 e. The van der Waals surface area contributed by atoms with Crippen LogP contribution in [-0.2, 0) is 9.47 Å². The van der Waals surface area contributed by atoms with Crippen molar-refractivity contribution in [3.05, 3.63) is 0 Å². The van der Waals surface area contributed by atoms with Crippen LogP contribution in [0.4, 0.5) is 0 Å². The average Bonchev–Trinajstić information content (AvgIpc) is 2.29. The minimum absolute atomic E-state index is 0.278. The maximum Gasteiger partial charge on any atom is 0.195 e. The van der Waals surface area contributed by atoms with Gasteiger partial charge in [-0.1, -0.05) is 39.0 Å². The second-order valence-corrected chi connectivity index (χ2v) is 4.09. The van der Waals surface area contributed by atoms with Crippen LogP contribution in [0.2, 0.25) is 0 Å². The van der Waals surface area contributed by atoms with Gasteiger partial charge in [0, 0.05) is 20.8 Å². The molecule has 3 nitrogen and oxygen atoms in total. The van der Waals surface area contributed by atoms with E-state index in [0.29, 0.717) is 0 Å². The number of hydrogen-bond acceptors (Lipinski definition) is 3. The van der Waals surface area contributed by atoms with Crippen molar-refractivity contribution in [2.45, 2.75) is 58.7 Å². The molecule has 0 fully saturated rings. The monoisotopic (exact) mass is 229 g/mol. The zero-order valence-electron chi connectivity index (χ0n) is 11.3. The van der Waals surface area contributed by atoms with Crippen LogP contribution < -0.4 is 0 Å². The predicted octanol–water partition coefficient (Wildman–Crippen LogP) is 3.43. The van der Waals surface area contributed by atoms with Crippen LogP contribution in [-0.4, -0.2) is 32.8 Å². The van der Waals surface area contributed by atoms with Crippen molar-refractivity contribution in [2.24, 2.45) is 4.99 Å². The summed E-state index contributed by atoms with van der Waals surface area (Å²) in [5.74, 6) is 0. The van der Waals surface area contributed by atoms with Gasteiger partial charge in [-0.05, 0) is 13.3 Å². The SMILES string of the molecule is CCCCCCCCN=C(C)C(OC)OC. The number of ether oxygens (including phenoxy) is 2. The summed E-state index contributed by atoms with van der Waals surface area (Å²) < 4.78 is 10.2. The van der Waals surface area contributed by atoms with E-state index in [-0.39, 0.29) is 6.29 Å². The van der Waals surface area contributed by atoms with Crippen molar-refractivity contribution in [3.63, 3.8) is 0 Å². The Morgan fingerprint density at radius 2 is 1.56 bits per heavy atom. The first-order valence-electron chi connectivity index (χ1n) is 6.32. The zero-order chi connectivity index (χ0) is 12.2. The van der Waals surface area contributed by atoms with Gasteiger partial charge in [0.1, 0.15) is 0 Å². The topological polar surface area (TPSA) is 30.8 Å². The van der Waals surface area contributed by atoms with Gasteiger partial charge in [0.05, 0.1) is 5.71 Å². The molecule has 0 amide bonds. The van der Waals surface area contributed by atoms with Crippen molar-refractivity contribution >= 4 is 5.71 Å². The van der Waals surface area contributed by atoms with Gasteiger partial charge < -0.3 is 9.47 Å². The van der Waals surface area contributed by atoms with Crippen LogP contribution in [0.3, 0.4) is 0 Å². The lowest BCUT2D eigenvalue weighted by molar-refractivity contribution is -0.0524. The third-order valence-corrected chi connectivity index (χ3v) is 2.64. The van der Waals surface area contributed by atoms with Gasteiger partial charge in [-0.3, -0.25) is 4.99 Å². The molecule has 0 aromatic heterocycles. The molecule has 0 atom stereocenters. The Bertz CT molecular complexity index is 177. The Morgan fingerprint density at radius 3 is 2.12 bits per heavy atom. The fourth-order valence-corrected chi connectivity index (χ4v) is 1.66. The first kappa shape index (κ1) is 15.6. The lowest BCUT2D eigenvalue weighted by atomic mass is 10.1. The van der Waals surface area contributed by atoms with Crippen LogP contribution in [0, 0.1) is 0 Å². The summed E-state index contributed by atoms with van der Waals surface area (Å²) in [6, 6.07) is 0. The summed E-state index contributed by atoms with van der Waals surface area (Å²) in [6.45, 7) is 5.08. The molecule has 3 heteroatoms. The highest BCUT2D eigenvalue weighted by Gasteiger charge is 2.07. The summed E-state index contributed by atoms with van der Waals surface area (Å²) in [4.78, 5) is 4.45. The molecule has 0 saturated heterocycles. The average molecular weight is 229 g/mol. The molecule has 0 radical (unpaired) electrons. The van der Waals surface area contributed by atoms with Crippen molar-refractivity contribution in [1.29, 1.82) is 0 Å². The molecule has 0 saturated carbocycles. The highest BCUT2D eigenvalue weighted by atomic mass is 16.7. The number of hydrogen-bond donors (Lipinski definition) is 0. The maximum absolute atomic E-state index is 5.12. The molecular formula is C13H27NO2. The maximum atomic E-state index is 5.12. The smallest absolute Gasteiger partial charge is 0.195 e. The van der Waals surface area contributed by atoms with E-state index in [0.717, 1.165) is 12.3 Å². The molecule has 0 heterocycles. The predicted molar refractivity (Wildman–Crippen MR) is 69.2 cm³/mol. The molecule has 0 N–H and O–H groups in total. The highest BCUT2D eigenvalue weighted by molar-refractivity contribution is 5.85. The Balaban J connectivity index is 3.51. The number of nitrogens with zero attached hydrogens (tertiary/aromatic N) is 1. The van der Waals surface area contributed by atoms with Gasteiger partial charge >= 0.3 is 0 Å². The molecule has 0 aromatic rings. The number of methoxy groups -OCH3 is 2. The molecule has 0 bridgehead atoms. The van der Waals surface area contributed by atoms with Gasteiger partial charge in [0.15, 0.2) is 6.29 Å². The van der Waals surface area contributed by atoms with E-state index < -0.39 is 0 Å². The van der Waals surface area contributed by atoms with Crippen LogP contribution in [0.5, 0.6) is 0 Å². The van der Waals surface area contributed by atoms with Gasteiger partial charge in [0.2, 0.25) is 0 Å². The first-order chi connectivity index (χ1) is 7.76. The van der Waals surface area contributed by atoms with Crippen LogP contribution >= 0.6 is 0 Å². The molecule has 0 unspecified atom stereocenters. The van der Waals surface area contributed by atoms with Crippen molar-refractivity contribution in [3.8, 4) is 0 Å². The van der Waals surface area contributed by atoms with E-state index in [1.807, 2.05) is 6.92 Å². The van der Waals surface area contributed by atoms with Gasteiger partial charge in [-0.25, -0.2) is 0 Å². The summed E-state index contributed by atoms with van der Waals surface area (Å²) in [7, 11) is 3.27. The molecule has 0 spiro atoms. The standard InChI is InChI=1S/C13H27NO2/c1-5-6-7-8-9-10-11-14-12(2)13(15-3)16-4/h13H,5-11H2,1-4H3. The van der Waals surface area contributed by atoms with Gasteiger partial charge in [-0.15, -0.1) is 0 Å². The Labute approximate surface area is 100 Å². The Morgan fingerprint density at radius 1 is 1.00 bits per heavy atom. The van der Waals surface area contributed by atoms with E-state index in [2.05, 4.69) is 11.9 Å². The molecular weight excluding hydrogens is 202 g/mol. The quantitative estimate of drug-likeness (QED) is 0.326. The molecule has 16 heavy (non-hydrogen) atoms. The molecule has 0 aliphatic heterocycles. The van der Waals surface area contributed by atoms with Gasteiger partial charge in [-0.2, -0.15) is 0 Å². The van der Waals surface area contributed by atoms with E-state index in [9.17, 15) is 0 Å². The number of rotatable bonds is 10. The lowest BCUT2D eigenvalue weighted by Crippen LogP contribution is -2.22. The van der Waals surface area contributed by atoms with E-state index in [1.54, 1.807) is 14.2 Å². The Hall–Kier alpha value is -0.410. The summed E-state index contributed by atoms with van der Waals surface area (Å²) in [5, 5.41) is 0. The summed E-state index contributed by atoms with van der Waals surface area (Å²) in [5.41, 5.74) is 0.929. The van der Waals surface area contributed by atoms with E-state index >= 15 is 0 Å². The normalized spacial score (nSPS) is 12.4. The third kappa shape index (κ3) is 7.83. The molecule has 0 aliphatic rings. The Kier molecular flexibility index (Phi) is 10.8. The lowest BCUT2D eigenvalue weighted by Gasteiger charge is -2.12. The first-order valence-corrected chi connectivity index (χ1v) is 6.32. The fourth-order valence-electron chi connectivity index (χ4n) is 1.66. The van der Waals surface area contributed by atoms with Crippen LogP contribution in [0.25, 0.3) is 0 Å². The second-order valence-electron chi connectivity index (χ2n) is 4.09. The molecule has 0 aromatic carbocycles. The van der Waals surface area contributed by atoms with Crippen molar-refractivity contribution < 1.29 is 9.47 Å². The van der Waals surface area contributed by atoms with Crippen molar-refractivity contribution in [1.82, 2.24) is 0 Å². The second kappa shape index (κ2) is 11.1. The zero-order valence-corrected chi connectivity index (χ0v) is 11.3. The van der Waals surface area contributed by atoms with Crippen LogP contribution in [0.15, 0.2) is 4.99 Å². The number of aliphatic imine (C=N–C) groups is 1. The van der Waals surface area contributed by atoms with Crippen molar-refractivity contribution in [2.75, 3.05) is 20.8 Å². The molecule has 0 aliphatic carbocycles. The minimum atomic E-state index is -0.278. The van der Waals surface area contributed by atoms with E-state index in [1.165, 1.54) is 38.5 Å². The molecule has 0 rings (SSSR count).